The van der Waals surface area contributed by atoms with Gasteiger partial charge in [-0.15, -0.1) is 0 Å². The number of nitrogens with one attached hydrogen (secondary N) is 1. The van der Waals surface area contributed by atoms with Crippen LogP contribution in [0.1, 0.15) is 25.0 Å². The average Bonchev–Trinajstić information content (AvgIpc) is 2.40. The third-order valence-corrected chi connectivity index (χ3v) is 1.70. The van der Waals surface area contributed by atoms with Gasteiger partial charge in [0, 0.05) is 11.9 Å². The monoisotopic (exact) mass is 153 g/mol. The number of carboxylic acids is 1. The van der Waals surface area contributed by atoms with Gasteiger partial charge in [0.05, 0.1) is 5.92 Å². The van der Waals surface area contributed by atoms with Crippen LogP contribution in [-0.4, -0.2) is 16.1 Å². The Kier molecular flexibility index (Phi) is 2.31. The highest BCUT2D eigenvalue weighted by Crippen LogP contribution is 2.16. The number of aromatic amines is 1. The molecule has 0 aliphatic carbocycles. The van der Waals surface area contributed by atoms with Crippen LogP contribution in [0, 0.1) is 0 Å². The molecule has 0 fully saturated rings. The average molecular weight is 153 g/mol. The summed E-state index contributed by atoms with van der Waals surface area (Å²) >= 11 is 0. The van der Waals surface area contributed by atoms with Gasteiger partial charge in [-0.1, -0.05) is 6.92 Å². The molecule has 1 unspecified atom stereocenters. The first kappa shape index (κ1) is 7.85. The molecule has 1 rings (SSSR count). The van der Waals surface area contributed by atoms with E-state index in [0.717, 1.165) is 5.69 Å². The fourth-order valence-corrected chi connectivity index (χ4v) is 1.09. The Morgan fingerprint density at radius 1 is 1.82 bits per heavy atom. The highest BCUT2D eigenvalue weighted by Gasteiger charge is 2.17. The Bertz CT molecular complexity index is 228. The van der Waals surface area contributed by atoms with E-state index in [1.807, 2.05) is 6.92 Å². The quantitative estimate of drug-likeness (QED) is 0.692. The summed E-state index contributed by atoms with van der Waals surface area (Å²) in [6.45, 7) is 1.86. The highest BCUT2D eigenvalue weighted by atomic mass is 16.4. The van der Waals surface area contributed by atoms with Crippen molar-refractivity contribution in [2.75, 3.05) is 0 Å². The third-order valence-electron chi connectivity index (χ3n) is 1.70. The Morgan fingerprint density at radius 2 is 2.55 bits per heavy atom. The fourth-order valence-electron chi connectivity index (χ4n) is 1.09. The summed E-state index contributed by atoms with van der Waals surface area (Å²) in [5.41, 5.74) is 0.778. The van der Waals surface area contributed by atoms with Gasteiger partial charge in [0.15, 0.2) is 0 Å². The lowest BCUT2D eigenvalue weighted by Gasteiger charge is -2.05. The molecule has 60 valence electrons. The Hall–Kier alpha value is -1.25. The van der Waals surface area contributed by atoms with Crippen LogP contribution in [-0.2, 0) is 4.79 Å². The molecule has 3 nitrogen and oxygen atoms in total. The van der Waals surface area contributed by atoms with Crippen molar-refractivity contribution in [1.29, 1.82) is 0 Å². The van der Waals surface area contributed by atoms with Gasteiger partial charge in [-0.3, -0.25) is 4.79 Å². The van der Waals surface area contributed by atoms with Gasteiger partial charge in [-0.2, -0.15) is 0 Å². The number of hydrogen-bond acceptors (Lipinski definition) is 1. The lowest BCUT2D eigenvalue weighted by molar-refractivity contribution is -0.138. The second-order valence-corrected chi connectivity index (χ2v) is 2.42. The van der Waals surface area contributed by atoms with E-state index in [9.17, 15) is 4.79 Å². The van der Waals surface area contributed by atoms with Gasteiger partial charge in [0.1, 0.15) is 0 Å². The van der Waals surface area contributed by atoms with E-state index in [2.05, 4.69) is 4.98 Å². The molecule has 0 radical (unpaired) electrons. The number of H-pyrrole nitrogens is 1. The van der Waals surface area contributed by atoms with Gasteiger partial charge < -0.3 is 10.1 Å². The molecule has 3 heteroatoms. The summed E-state index contributed by atoms with van der Waals surface area (Å²) in [6.07, 6.45) is 2.36. The molecular weight excluding hydrogens is 142 g/mol. The van der Waals surface area contributed by atoms with E-state index in [-0.39, 0.29) is 5.92 Å². The van der Waals surface area contributed by atoms with Crippen molar-refractivity contribution >= 4 is 5.97 Å². The van der Waals surface area contributed by atoms with Gasteiger partial charge in [0.2, 0.25) is 0 Å². The van der Waals surface area contributed by atoms with Crippen molar-refractivity contribution in [1.82, 2.24) is 4.98 Å². The highest BCUT2D eigenvalue weighted by molar-refractivity contribution is 5.75. The van der Waals surface area contributed by atoms with Crippen molar-refractivity contribution < 1.29 is 9.90 Å². The molecule has 11 heavy (non-hydrogen) atoms. The molecule has 0 bridgehead atoms. The minimum atomic E-state index is -0.769. The molecule has 0 spiro atoms. The number of hydrogen-bond donors (Lipinski definition) is 2. The van der Waals surface area contributed by atoms with Crippen molar-refractivity contribution in [2.24, 2.45) is 0 Å². The Labute approximate surface area is 65.1 Å². The molecule has 0 aliphatic rings. The fraction of sp³-hybridized carbons (Fsp3) is 0.375. The lowest BCUT2D eigenvalue weighted by Crippen LogP contribution is -2.10. The predicted molar refractivity (Wildman–Crippen MR) is 41.5 cm³/mol. The molecule has 1 aromatic rings. The summed E-state index contributed by atoms with van der Waals surface area (Å²) in [6, 6.07) is 3.60. The molecule has 1 aromatic heterocycles. The molecule has 0 aromatic carbocycles. The predicted octanol–water partition coefficient (Wildman–Crippen LogP) is 1.59. The minimum Gasteiger partial charge on any atom is -0.481 e. The van der Waals surface area contributed by atoms with Gasteiger partial charge in [-0.25, -0.2) is 0 Å². The second kappa shape index (κ2) is 3.23. The summed E-state index contributed by atoms with van der Waals surface area (Å²) < 4.78 is 0. The van der Waals surface area contributed by atoms with Crippen LogP contribution in [0.3, 0.4) is 0 Å². The second-order valence-electron chi connectivity index (χ2n) is 2.42. The van der Waals surface area contributed by atoms with Crippen LogP contribution >= 0.6 is 0 Å². The molecule has 0 aliphatic heterocycles. The zero-order chi connectivity index (χ0) is 8.27. The van der Waals surface area contributed by atoms with Crippen molar-refractivity contribution in [3.05, 3.63) is 24.0 Å². The smallest absolute Gasteiger partial charge is 0.312 e. The standard InChI is InChI=1S/C8H11NO2/c1-2-6(8(10)11)7-4-3-5-9-7/h3-6,9H,2H2,1H3,(H,10,11). The molecule has 0 saturated carbocycles. The number of aliphatic carboxylic acids is 1. The van der Waals surface area contributed by atoms with Gasteiger partial charge in [0.25, 0.3) is 0 Å². The van der Waals surface area contributed by atoms with Crippen LogP contribution in [0.15, 0.2) is 18.3 Å². The van der Waals surface area contributed by atoms with Gasteiger partial charge in [-0.05, 0) is 18.6 Å². The minimum absolute atomic E-state index is 0.384. The maximum Gasteiger partial charge on any atom is 0.312 e. The Balaban J connectivity index is 2.79. The van der Waals surface area contributed by atoms with Crippen molar-refractivity contribution in [3.8, 4) is 0 Å². The molecule has 2 N–H and O–H groups in total. The number of aromatic nitrogens is 1. The summed E-state index contributed by atoms with van der Waals surface area (Å²) in [7, 11) is 0. The topological polar surface area (TPSA) is 53.1 Å². The molecule has 0 amide bonds. The van der Waals surface area contributed by atoms with Crippen LogP contribution in [0.2, 0.25) is 0 Å². The van der Waals surface area contributed by atoms with Crippen molar-refractivity contribution in [3.63, 3.8) is 0 Å². The first-order valence-corrected chi connectivity index (χ1v) is 3.61. The van der Waals surface area contributed by atoms with Gasteiger partial charge >= 0.3 is 5.97 Å². The molecule has 1 atom stereocenters. The normalized spacial score (nSPS) is 12.8. The van der Waals surface area contributed by atoms with Crippen LogP contribution in [0.25, 0.3) is 0 Å². The molecule has 1 heterocycles. The maximum atomic E-state index is 10.6. The molecule has 0 saturated heterocycles. The first-order valence-electron chi connectivity index (χ1n) is 3.61. The largest absolute Gasteiger partial charge is 0.481 e. The van der Waals surface area contributed by atoms with Crippen LogP contribution in [0.5, 0.6) is 0 Å². The number of carbonyl (C=O) groups is 1. The first-order chi connectivity index (χ1) is 5.25. The van der Waals surface area contributed by atoms with E-state index < -0.39 is 5.97 Å². The third kappa shape index (κ3) is 1.61. The summed E-state index contributed by atoms with van der Waals surface area (Å²) in [5.74, 6) is -1.15. The maximum absolute atomic E-state index is 10.6. The zero-order valence-electron chi connectivity index (χ0n) is 6.37. The summed E-state index contributed by atoms with van der Waals surface area (Å²) in [5, 5.41) is 8.73. The molecular formula is C8H11NO2. The van der Waals surface area contributed by atoms with E-state index in [1.54, 1.807) is 18.3 Å². The van der Waals surface area contributed by atoms with E-state index in [4.69, 9.17) is 5.11 Å². The van der Waals surface area contributed by atoms with E-state index >= 15 is 0 Å². The lowest BCUT2D eigenvalue weighted by atomic mass is 10.0. The van der Waals surface area contributed by atoms with E-state index in [0.29, 0.717) is 6.42 Å². The number of rotatable bonds is 3. The number of carboxylic acid groups (broad SMARTS) is 1. The van der Waals surface area contributed by atoms with E-state index in [1.165, 1.54) is 0 Å². The van der Waals surface area contributed by atoms with Crippen molar-refractivity contribution in [2.45, 2.75) is 19.3 Å². The zero-order valence-corrected chi connectivity index (χ0v) is 6.37. The summed E-state index contributed by atoms with van der Waals surface area (Å²) in [4.78, 5) is 13.5. The Morgan fingerprint density at radius 3 is 2.91 bits per heavy atom. The van der Waals surface area contributed by atoms with Crippen LogP contribution < -0.4 is 0 Å². The SMILES string of the molecule is CCC(C(=O)O)c1ccc[nH]1. The van der Waals surface area contributed by atoms with Crippen LogP contribution in [0.4, 0.5) is 0 Å².